The van der Waals surface area contributed by atoms with Crippen molar-refractivity contribution in [1.82, 2.24) is 4.57 Å². The molecule has 0 spiro atoms. The molecular weight excluding hydrogens is 196 g/mol. The Morgan fingerprint density at radius 2 is 2.33 bits per heavy atom. The molecule has 1 unspecified atom stereocenters. The largest absolute Gasteiger partial charge is 0.465 e. The zero-order valence-electron chi connectivity index (χ0n) is 8.77. The maximum atomic E-state index is 11.5. The maximum Gasteiger partial charge on any atom is 0.338 e. The molecule has 0 radical (unpaired) electrons. The number of carbonyl (C=O) groups is 1. The second kappa shape index (κ2) is 4.75. The molecule has 15 heavy (non-hydrogen) atoms. The summed E-state index contributed by atoms with van der Waals surface area (Å²) in [4.78, 5) is 22.6. The van der Waals surface area contributed by atoms with E-state index in [-0.39, 0.29) is 17.2 Å². The molecule has 1 heterocycles. The lowest BCUT2D eigenvalue weighted by Gasteiger charge is -2.08. The molecular formula is C10H14N2O3. The molecule has 1 rings (SSSR count). The Morgan fingerprint density at radius 3 is 2.80 bits per heavy atom. The molecule has 0 amide bonds. The van der Waals surface area contributed by atoms with Crippen LogP contribution in [0.5, 0.6) is 0 Å². The first-order valence-corrected chi connectivity index (χ1v) is 4.59. The van der Waals surface area contributed by atoms with E-state index >= 15 is 0 Å². The Balaban J connectivity index is 2.98. The van der Waals surface area contributed by atoms with Crippen molar-refractivity contribution < 1.29 is 9.53 Å². The molecule has 0 bridgehead atoms. The summed E-state index contributed by atoms with van der Waals surface area (Å²) in [5.74, 6) is -0.514. The Morgan fingerprint density at radius 1 is 1.67 bits per heavy atom. The molecule has 0 aromatic carbocycles. The fraction of sp³-hybridized carbons (Fsp3) is 0.400. The molecule has 2 N–H and O–H groups in total. The number of nitrogens with two attached hydrogens (primary N) is 1. The molecule has 5 nitrogen and oxygen atoms in total. The zero-order valence-corrected chi connectivity index (χ0v) is 8.77. The lowest BCUT2D eigenvalue weighted by molar-refractivity contribution is 0.0600. The number of carbonyl (C=O) groups excluding carboxylic acids is 1. The van der Waals surface area contributed by atoms with Crippen LogP contribution >= 0.6 is 0 Å². The summed E-state index contributed by atoms with van der Waals surface area (Å²) in [6.07, 6.45) is 1.54. The van der Waals surface area contributed by atoms with E-state index in [9.17, 15) is 9.59 Å². The van der Waals surface area contributed by atoms with Gasteiger partial charge in [0.15, 0.2) is 0 Å². The summed E-state index contributed by atoms with van der Waals surface area (Å²) in [5, 5.41) is 0. The number of aromatic nitrogens is 1. The van der Waals surface area contributed by atoms with Gasteiger partial charge in [-0.05, 0) is 13.0 Å². The second-order valence-electron chi connectivity index (χ2n) is 3.37. The molecule has 5 heteroatoms. The van der Waals surface area contributed by atoms with Crippen LogP contribution in [-0.4, -0.2) is 23.7 Å². The van der Waals surface area contributed by atoms with Crippen LogP contribution in [-0.2, 0) is 11.3 Å². The first kappa shape index (κ1) is 11.5. The number of nitrogens with zero attached hydrogens (tertiary/aromatic N) is 1. The van der Waals surface area contributed by atoms with Gasteiger partial charge in [-0.1, -0.05) is 0 Å². The SMILES string of the molecule is COC(=O)c1ccn(CC(C)N)c(=O)c1. The monoisotopic (exact) mass is 210 g/mol. The highest BCUT2D eigenvalue weighted by Gasteiger charge is 2.07. The van der Waals surface area contributed by atoms with Gasteiger partial charge in [0.05, 0.1) is 12.7 Å². The maximum absolute atomic E-state index is 11.5. The van der Waals surface area contributed by atoms with Crippen molar-refractivity contribution >= 4 is 5.97 Å². The zero-order chi connectivity index (χ0) is 11.4. The molecule has 0 fully saturated rings. The van der Waals surface area contributed by atoms with Gasteiger partial charge in [-0.25, -0.2) is 4.79 Å². The quantitative estimate of drug-likeness (QED) is 0.711. The van der Waals surface area contributed by atoms with E-state index in [1.54, 1.807) is 6.92 Å². The summed E-state index contributed by atoms with van der Waals surface area (Å²) >= 11 is 0. The second-order valence-corrected chi connectivity index (χ2v) is 3.37. The van der Waals surface area contributed by atoms with Crippen molar-refractivity contribution in [2.24, 2.45) is 5.73 Å². The lowest BCUT2D eigenvalue weighted by Crippen LogP contribution is -2.29. The molecule has 0 aliphatic carbocycles. The minimum Gasteiger partial charge on any atom is -0.465 e. The van der Waals surface area contributed by atoms with Crippen LogP contribution in [0.15, 0.2) is 23.1 Å². The highest BCUT2D eigenvalue weighted by atomic mass is 16.5. The minimum absolute atomic E-state index is 0.105. The number of hydrogen-bond acceptors (Lipinski definition) is 4. The summed E-state index contributed by atoms with van der Waals surface area (Å²) < 4.78 is 5.96. The molecule has 1 atom stereocenters. The van der Waals surface area contributed by atoms with Crippen LogP contribution in [0.25, 0.3) is 0 Å². The molecule has 0 saturated carbocycles. The van der Waals surface area contributed by atoms with Crippen LogP contribution in [0, 0.1) is 0 Å². The highest BCUT2D eigenvalue weighted by Crippen LogP contribution is 1.97. The van der Waals surface area contributed by atoms with Crippen LogP contribution in [0.1, 0.15) is 17.3 Å². The molecule has 1 aromatic heterocycles. The molecule has 0 aliphatic heterocycles. The number of ether oxygens (including phenoxy) is 1. The minimum atomic E-state index is -0.514. The molecule has 0 aliphatic rings. The van der Waals surface area contributed by atoms with E-state index in [2.05, 4.69) is 4.74 Å². The van der Waals surface area contributed by atoms with Crippen LogP contribution in [0.2, 0.25) is 0 Å². The van der Waals surface area contributed by atoms with Crippen molar-refractivity contribution in [3.05, 3.63) is 34.2 Å². The van der Waals surface area contributed by atoms with Crippen molar-refractivity contribution in [2.75, 3.05) is 7.11 Å². The van der Waals surface area contributed by atoms with E-state index in [1.807, 2.05) is 0 Å². The summed E-state index contributed by atoms with van der Waals surface area (Å²) in [6.45, 7) is 2.24. The number of rotatable bonds is 3. The van der Waals surface area contributed by atoms with E-state index in [0.717, 1.165) is 0 Å². The number of methoxy groups -OCH3 is 1. The van der Waals surface area contributed by atoms with E-state index in [4.69, 9.17) is 5.73 Å². The van der Waals surface area contributed by atoms with E-state index < -0.39 is 5.97 Å². The van der Waals surface area contributed by atoms with Crippen LogP contribution < -0.4 is 11.3 Å². The predicted molar refractivity (Wildman–Crippen MR) is 55.7 cm³/mol. The average molecular weight is 210 g/mol. The Hall–Kier alpha value is -1.62. The predicted octanol–water partition coefficient (Wildman–Crippen LogP) is -0.0179. The molecule has 1 aromatic rings. The molecule has 0 saturated heterocycles. The van der Waals surface area contributed by atoms with Gasteiger partial charge >= 0.3 is 5.97 Å². The summed E-state index contributed by atoms with van der Waals surface area (Å²) in [6, 6.07) is 2.68. The van der Waals surface area contributed by atoms with Gasteiger partial charge in [0, 0.05) is 24.8 Å². The van der Waals surface area contributed by atoms with Crippen molar-refractivity contribution in [1.29, 1.82) is 0 Å². The first-order valence-electron chi connectivity index (χ1n) is 4.59. The van der Waals surface area contributed by atoms with Gasteiger partial charge in [-0.15, -0.1) is 0 Å². The molecule has 82 valence electrons. The summed E-state index contributed by atoms with van der Waals surface area (Å²) in [5.41, 5.74) is 5.56. The van der Waals surface area contributed by atoms with E-state index in [1.165, 1.54) is 30.0 Å². The van der Waals surface area contributed by atoms with Crippen molar-refractivity contribution in [3.63, 3.8) is 0 Å². The van der Waals surface area contributed by atoms with Crippen LogP contribution in [0.4, 0.5) is 0 Å². The van der Waals surface area contributed by atoms with Crippen molar-refractivity contribution in [3.8, 4) is 0 Å². The van der Waals surface area contributed by atoms with E-state index in [0.29, 0.717) is 6.54 Å². The Kier molecular flexibility index (Phi) is 3.62. The van der Waals surface area contributed by atoms with Gasteiger partial charge in [0.1, 0.15) is 0 Å². The third-order valence-electron chi connectivity index (χ3n) is 1.90. The average Bonchev–Trinajstić information content (AvgIpc) is 2.19. The van der Waals surface area contributed by atoms with Gasteiger partial charge < -0.3 is 15.0 Å². The lowest BCUT2D eigenvalue weighted by atomic mass is 10.2. The van der Waals surface area contributed by atoms with Gasteiger partial charge in [-0.2, -0.15) is 0 Å². The third-order valence-corrected chi connectivity index (χ3v) is 1.90. The standard InChI is InChI=1S/C10H14N2O3/c1-7(11)6-12-4-3-8(5-9(12)13)10(14)15-2/h3-5,7H,6,11H2,1-2H3. The van der Waals surface area contributed by atoms with Gasteiger partial charge in [0.2, 0.25) is 0 Å². The van der Waals surface area contributed by atoms with Gasteiger partial charge in [-0.3, -0.25) is 4.79 Å². The number of esters is 1. The normalized spacial score (nSPS) is 12.2. The summed E-state index contributed by atoms with van der Waals surface area (Å²) in [7, 11) is 1.27. The highest BCUT2D eigenvalue weighted by molar-refractivity contribution is 5.88. The smallest absolute Gasteiger partial charge is 0.338 e. The van der Waals surface area contributed by atoms with Crippen molar-refractivity contribution in [2.45, 2.75) is 19.5 Å². The van der Waals surface area contributed by atoms with Gasteiger partial charge in [0.25, 0.3) is 5.56 Å². The topological polar surface area (TPSA) is 74.3 Å². The number of pyridine rings is 1. The third kappa shape index (κ3) is 2.92. The first-order chi connectivity index (χ1) is 7.04. The fourth-order valence-corrected chi connectivity index (χ4v) is 1.21. The Bertz CT molecular complexity index is 409. The fourth-order valence-electron chi connectivity index (χ4n) is 1.21. The Labute approximate surface area is 87.5 Å². The van der Waals surface area contributed by atoms with Crippen LogP contribution in [0.3, 0.4) is 0 Å². The number of hydrogen-bond donors (Lipinski definition) is 1.